The fourth-order valence-electron chi connectivity index (χ4n) is 2.58. The smallest absolute Gasteiger partial charge is 0.337 e. The molecule has 0 bridgehead atoms. The Kier molecular flexibility index (Phi) is 4.74. The maximum absolute atomic E-state index is 11.9. The Morgan fingerprint density at radius 2 is 2.00 bits per heavy atom. The topological polar surface area (TPSA) is 81.4 Å². The number of hydrogen-bond acceptors (Lipinski definition) is 4. The number of hydrogen-bond donors (Lipinski definition) is 2. The number of anilines is 1. The number of amides is 1. The summed E-state index contributed by atoms with van der Waals surface area (Å²) in [6.45, 7) is 0. The van der Waals surface area contributed by atoms with E-state index in [2.05, 4.69) is 10.1 Å². The summed E-state index contributed by atoms with van der Waals surface area (Å²) in [5, 5.41) is 2.83. The summed E-state index contributed by atoms with van der Waals surface area (Å²) in [6, 6.07) is 6.78. The van der Waals surface area contributed by atoms with Gasteiger partial charge in [-0.15, -0.1) is 0 Å². The molecular weight excluding hydrogens is 256 g/mol. The predicted octanol–water partition coefficient (Wildman–Crippen LogP) is 1.93. The van der Waals surface area contributed by atoms with Gasteiger partial charge in [0.05, 0.1) is 12.7 Å². The van der Waals surface area contributed by atoms with Crippen molar-refractivity contribution in [3.63, 3.8) is 0 Å². The van der Waals surface area contributed by atoms with E-state index in [1.165, 1.54) is 7.11 Å². The van der Waals surface area contributed by atoms with Crippen LogP contribution in [0.1, 0.15) is 36.0 Å². The van der Waals surface area contributed by atoms with Crippen LogP contribution in [0.25, 0.3) is 0 Å². The number of rotatable bonds is 4. The van der Waals surface area contributed by atoms with Crippen LogP contribution in [-0.4, -0.2) is 25.0 Å². The first kappa shape index (κ1) is 14.5. The number of carbonyl (C=O) groups is 2. The lowest BCUT2D eigenvalue weighted by Crippen LogP contribution is -2.28. The molecular formula is C15H20N2O3. The van der Waals surface area contributed by atoms with E-state index < -0.39 is 0 Å². The minimum atomic E-state index is -0.389. The second-order valence-electron chi connectivity index (χ2n) is 5.18. The summed E-state index contributed by atoms with van der Waals surface area (Å²) in [5.74, 6) is -0.137. The molecule has 1 aromatic carbocycles. The van der Waals surface area contributed by atoms with E-state index in [1.807, 2.05) is 0 Å². The van der Waals surface area contributed by atoms with Gasteiger partial charge in [0.2, 0.25) is 5.91 Å². The number of nitrogens with two attached hydrogens (primary N) is 1. The number of ether oxygens (including phenoxy) is 1. The van der Waals surface area contributed by atoms with Crippen molar-refractivity contribution in [1.82, 2.24) is 0 Å². The van der Waals surface area contributed by atoms with Crippen LogP contribution in [0.5, 0.6) is 0 Å². The molecule has 1 aromatic rings. The molecule has 3 N–H and O–H groups in total. The van der Waals surface area contributed by atoms with Crippen LogP contribution in [-0.2, 0) is 9.53 Å². The molecule has 0 aromatic heterocycles. The molecule has 0 unspecified atom stereocenters. The highest BCUT2D eigenvalue weighted by Gasteiger charge is 2.25. The van der Waals surface area contributed by atoms with Crippen molar-refractivity contribution in [1.29, 1.82) is 0 Å². The van der Waals surface area contributed by atoms with E-state index in [4.69, 9.17) is 5.73 Å². The molecule has 0 aliphatic heterocycles. The maximum Gasteiger partial charge on any atom is 0.337 e. The average molecular weight is 276 g/mol. The zero-order chi connectivity index (χ0) is 14.5. The molecule has 2 atom stereocenters. The third kappa shape index (κ3) is 3.57. The van der Waals surface area contributed by atoms with Crippen LogP contribution < -0.4 is 11.1 Å². The van der Waals surface area contributed by atoms with Gasteiger partial charge in [-0.3, -0.25) is 4.79 Å². The maximum atomic E-state index is 11.9. The molecule has 0 spiro atoms. The molecule has 1 saturated carbocycles. The molecule has 5 heteroatoms. The lowest BCUT2D eigenvalue weighted by molar-refractivity contribution is -0.117. The Hall–Kier alpha value is -1.88. The highest BCUT2D eigenvalue weighted by atomic mass is 16.5. The van der Waals surface area contributed by atoms with Gasteiger partial charge in [0.15, 0.2) is 0 Å². The second kappa shape index (κ2) is 6.52. The average Bonchev–Trinajstić information content (AvgIpc) is 2.84. The zero-order valence-corrected chi connectivity index (χ0v) is 11.6. The quantitative estimate of drug-likeness (QED) is 0.823. The summed E-state index contributed by atoms with van der Waals surface area (Å²) in [7, 11) is 1.34. The zero-order valence-electron chi connectivity index (χ0n) is 11.6. The van der Waals surface area contributed by atoms with Gasteiger partial charge in [0, 0.05) is 18.2 Å². The molecule has 20 heavy (non-hydrogen) atoms. The van der Waals surface area contributed by atoms with E-state index >= 15 is 0 Å². The molecule has 0 saturated heterocycles. The number of esters is 1. The van der Waals surface area contributed by atoms with Crippen LogP contribution in [0.4, 0.5) is 5.69 Å². The summed E-state index contributed by atoms with van der Waals surface area (Å²) >= 11 is 0. The van der Waals surface area contributed by atoms with Gasteiger partial charge in [-0.05, 0) is 43.0 Å². The Bertz CT molecular complexity index is 484. The van der Waals surface area contributed by atoms with Crippen molar-refractivity contribution in [2.24, 2.45) is 11.7 Å². The van der Waals surface area contributed by atoms with Crippen LogP contribution in [0.2, 0.25) is 0 Å². The predicted molar refractivity (Wildman–Crippen MR) is 76.3 cm³/mol. The highest BCUT2D eigenvalue weighted by molar-refractivity contribution is 5.93. The Balaban J connectivity index is 1.89. The third-order valence-electron chi connectivity index (χ3n) is 3.76. The first-order chi connectivity index (χ1) is 9.60. The first-order valence-corrected chi connectivity index (χ1v) is 6.84. The summed E-state index contributed by atoms with van der Waals surface area (Å²) in [4.78, 5) is 23.2. The van der Waals surface area contributed by atoms with Crippen LogP contribution >= 0.6 is 0 Å². The van der Waals surface area contributed by atoms with Crippen molar-refractivity contribution in [2.75, 3.05) is 12.4 Å². The van der Waals surface area contributed by atoms with E-state index in [9.17, 15) is 9.59 Å². The van der Waals surface area contributed by atoms with Crippen molar-refractivity contribution in [3.05, 3.63) is 29.8 Å². The number of methoxy groups -OCH3 is 1. The van der Waals surface area contributed by atoms with Crippen LogP contribution in [0, 0.1) is 5.92 Å². The Morgan fingerprint density at radius 1 is 1.30 bits per heavy atom. The summed E-state index contributed by atoms with van der Waals surface area (Å²) in [6.07, 6.45) is 3.59. The molecule has 5 nitrogen and oxygen atoms in total. The lowest BCUT2D eigenvalue weighted by atomic mass is 10.00. The molecule has 1 aliphatic rings. The van der Waals surface area contributed by atoms with E-state index in [0.717, 1.165) is 19.3 Å². The van der Waals surface area contributed by atoms with Gasteiger partial charge in [-0.2, -0.15) is 0 Å². The van der Waals surface area contributed by atoms with Gasteiger partial charge in [0.25, 0.3) is 0 Å². The van der Waals surface area contributed by atoms with Crippen LogP contribution in [0.3, 0.4) is 0 Å². The lowest BCUT2D eigenvalue weighted by Gasteiger charge is -2.14. The first-order valence-electron chi connectivity index (χ1n) is 6.84. The van der Waals surface area contributed by atoms with Gasteiger partial charge < -0.3 is 15.8 Å². The standard InChI is InChI=1S/C15H20N2O3/c1-20-15(19)10-5-7-12(8-6-10)17-14(18)9-11-3-2-4-13(11)16/h5-8,11,13H,2-4,9,16H2,1H3,(H,17,18)/t11-,13+/m0/s1. The van der Waals surface area contributed by atoms with Crippen molar-refractivity contribution >= 4 is 17.6 Å². The van der Waals surface area contributed by atoms with Gasteiger partial charge in [0.1, 0.15) is 0 Å². The molecule has 2 rings (SSSR count). The van der Waals surface area contributed by atoms with E-state index in [-0.39, 0.29) is 23.8 Å². The fourth-order valence-corrected chi connectivity index (χ4v) is 2.58. The van der Waals surface area contributed by atoms with Crippen molar-refractivity contribution in [2.45, 2.75) is 31.7 Å². The van der Waals surface area contributed by atoms with Gasteiger partial charge in [-0.1, -0.05) is 6.42 Å². The SMILES string of the molecule is COC(=O)c1ccc(NC(=O)C[C@@H]2CCC[C@H]2N)cc1. The molecule has 0 radical (unpaired) electrons. The summed E-state index contributed by atoms with van der Waals surface area (Å²) < 4.78 is 4.62. The number of benzene rings is 1. The number of carbonyl (C=O) groups excluding carboxylic acids is 2. The molecule has 0 heterocycles. The minimum absolute atomic E-state index is 0.0295. The largest absolute Gasteiger partial charge is 0.465 e. The third-order valence-corrected chi connectivity index (χ3v) is 3.76. The Labute approximate surface area is 118 Å². The van der Waals surface area contributed by atoms with Crippen molar-refractivity contribution in [3.8, 4) is 0 Å². The van der Waals surface area contributed by atoms with E-state index in [1.54, 1.807) is 24.3 Å². The highest BCUT2D eigenvalue weighted by Crippen LogP contribution is 2.27. The summed E-state index contributed by atoms with van der Waals surface area (Å²) in [5.41, 5.74) is 7.09. The van der Waals surface area contributed by atoms with Crippen molar-refractivity contribution < 1.29 is 14.3 Å². The Morgan fingerprint density at radius 3 is 2.55 bits per heavy atom. The number of nitrogens with one attached hydrogen (secondary N) is 1. The molecule has 1 amide bonds. The fraction of sp³-hybridized carbons (Fsp3) is 0.467. The molecule has 108 valence electrons. The van der Waals surface area contributed by atoms with Crippen LogP contribution in [0.15, 0.2) is 24.3 Å². The molecule has 1 aliphatic carbocycles. The van der Waals surface area contributed by atoms with Gasteiger partial charge >= 0.3 is 5.97 Å². The monoisotopic (exact) mass is 276 g/mol. The normalized spacial score (nSPS) is 21.5. The molecule has 1 fully saturated rings. The van der Waals surface area contributed by atoms with Gasteiger partial charge in [-0.25, -0.2) is 4.79 Å². The second-order valence-corrected chi connectivity index (χ2v) is 5.18. The van der Waals surface area contributed by atoms with E-state index in [0.29, 0.717) is 17.7 Å². The minimum Gasteiger partial charge on any atom is -0.465 e.